The van der Waals surface area contributed by atoms with E-state index >= 15 is 0 Å². The minimum absolute atomic E-state index is 0. The maximum atomic E-state index is 11.6. The van der Waals surface area contributed by atoms with E-state index < -0.39 is 0 Å². The Balaban J connectivity index is 0.00000256. The fourth-order valence-electron chi connectivity index (χ4n) is 1.35. The molecule has 1 aromatic rings. The quantitative estimate of drug-likeness (QED) is 0.560. The maximum absolute atomic E-state index is 11.6. The van der Waals surface area contributed by atoms with Gasteiger partial charge in [-0.05, 0) is 24.6 Å². The van der Waals surface area contributed by atoms with Crippen LogP contribution in [-0.2, 0) is 4.74 Å². The van der Waals surface area contributed by atoms with Crippen molar-refractivity contribution in [2.45, 2.75) is 33.6 Å². The third kappa shape index (κ3) is 5.38. The molecule has 0 saturated heterocycles. The Hall–Kier alpha value is -1.51. The first kappa shape index (κ1) is 15.5. The number of benzene rings is 1. The van der Waals surface area contributed by atoms with Crippen molar-refractivity contribution in [2.75, 3.05) is 13.7 Å². The standard InChI is InChI=1S/C13H18O3.CH4/c1-3-4-5-9-16-13(14)11-7-6-8-12(10-11)15-2;/h6-8,10H,3-5,9H2,1-2H3;1H4. The molecule has 0 aromatic heterocycles. The van der Waals surface area contributed by atoms with Crippen LogP contribution in [0.1, 0.15) is 44.0 Å². The Morgan fingerprint density at radius 1 is 1.29 bits per heavy atom. The zero-order valence-electron chi connectivity index (χ0n) is 9.86. The molecule has 0 heterocycles. The molecule has 1 rings (SSSR count). The highest BCUT2D eigenvalue weighted by Crippen LogP contribution is 2.13. The molecule has 1 aromatic carbocycles. The predicted molar refractivity (Wildman–Crippen MR) is 69.5 cm³/mol. The summed E-state index contributed by atoms with van der Waals surface area (Å²) in [6, 6.07) is 6.99. The van der Waals surface area contributed by atoms with Gasteiger partial charge in [0, 0.05) is 0 Å². The molecule has 0 aliphatic carbocycles. The first-order valence-electron chi connectivity index (χ1n) is 5.59. The number of rotatable bonds is 6. The van der Waals surface area contributed by atoms with Gasteiger partial charge in [0.15, 0.2) is 0 Å². The molecule has 0 unspecified atom stereocenters. The summed E-state index contributed by atoms with van der Waals surface area (Å²) in [6.45, 7) is 2.60. The van der Waals surface area contributed by atoms with Gasteiger partial charge in [-0.15, -0.1) is 0 Å². The summed E-state index contributed by atoms with van der Waals surface area (Å²) in [4.78, 5) is 11.6. The second kappa shape index (κ2) is 8.62. The van der Waals surface area contributed by atoms with E-state index in [-0.39, 0.29) is 13.4 Å². The first-order chi connectivity index (χ1) is 7.77. The van der Waals surface area contributed by atoms with E-state index in [1.165, 1.54) is 0 Å². The van der Waals surface area contributed by atoms with Gasteiger partial charge < -0.3 is 9.47 Å². The summed E-state index contributed by atoms with van der Waals surface area (Å²) in [5.41, 5.74) is 0.538. The summed E-state index contributed by atoms with van der Waals surface area (Å²) >= 11 is 0. The second-order valence-electron chi connectivity index (χ2n) is 3.57. The average molecular weight is 238 g/mol. The normalized spacial score (nSPS) is 9.29. The van der Waals surface area contributed by atoms with Crippen molar-refractivity contribution in [3.8, 4) is 5.75 Å². The van der Waals surface area contributed by atoms with E-state index in [0.29, 0.717) is 17.9 Å². The highest BCUT2D eigenvalue weighted by molar-refractivity contribution is 5.89. The number of hydrogen-bond acceptors (Lipinski definition) is 3. The predicted octanol–water partition coefficient (Wildman–Crippen LogP) is 3.68. The fraction of sp³-hybridized carbons (Fsp3) is 0.500. The zero-order chi connectivity index (χ0) is 11.8. The molecule has 0 radical (unpaired) electrons. The summed E-state index contributed by atoms with van der Waals surface area (Å²) in [7, 11) is 1.58. The number of esters is 1. The maximum Gasteiger partial charge on any atom is 0.338 e. The molecule has 0 atom stereocenters. The second-order valence-corrected chi connectivity index (χ2v) is 3.57. The number of hydrogen-bond donors (Lipinski definition) is 0. The van der Waals surface area contributed by atoms with Crippen molar-refractivity contribution in [3.05, 3.63) is 29.8 Å². The van der Waals surface area contributed by atoms with Gasteiger partial charge in [-0.1, -0.05) is 33.3 Å². The average Bonchev–Trinajstić information content (AvgIpc) is 2.34. The number of carbonyl (C=O) groups excluding carboxylic acids is 1. The molecule has 3 nitrogen and oxygen atoms in total. The smallest absolute Gasteiger partial charge is 0.338 e. The van der Waals surface area contributed by atoms with Gasteiger partial charge in [0.1, 0.15) is 5.75 Å². The third-order valence-electron chi connectivity index (χ3n) is 2.29. The van der Waals surface area contributed by atoms with Crippen LogP contribution in [0.2, 0.25) is 0 Å². The lowest BCUT2D eigenvalue weighted by atomic mass is 10.2. The Kier molecular flexibility index (Phi) is 7.85. The molecule has 0 aliphatic rings. The lowest BCUT2D eigenvalue weighted by molar-refractivity contribution is 0.0498. The molecule has 0 saturated carbocycles. The van der Waals surface area contributed by atoms with Crippen molar-refractivity contribution in [2.24, 2.45) is 0 Å². The Labute approximate surface area is 104 Å². The van der Waals surface area contributed by atoms with E-state index in [4.69, 9.17) is 9.47 Å². The number of carbonyl (C=O) groups is 1. The molecule has 0 N–H and O–H groups in total. The van der Waals surface area contributed by atoms with E-state index in [1.54, 1.807) is 31.4 Å². The van der Waals surface area contributed by atoms with Crippen LogP contribution in [0.3, 0.4) is 0 Å². The van der Waals surface area contributed by atoms with Gasteiger partial charge in [-0.3, -0.25) is 0 Å². The molecule has 96 valence electrons. The van der Waals surface area contributed by atoms with Crippen molar-refractivity contribution in [1.82, 2.24) is 0 Å². The van der Waals surface area contributed by atoms with E-state index in [0.717, 1.165) is 19.3 Å². The summed E-state index contributed by atoms with van der Waals surface area (Å²) in [5, 5.41) is 0. The SMILES string of the molecule is C.CCCCCOC(=O)c1cccc(OC)c1. The Morgan fingerprint density at radius 2 is 2.06 bits per heavy atom. The van der Waals surface area contributed by atoms with Gasteiger partial charge in [-0.25, -0.2) is 4.79 Å². The van der Waals surface area contributed by atoms with Crippen LogP contribution in [0.5, 0.6) is 5.75 Å². The lowest BCUT2D eigenvalue weighted by Crippen LogP contribution is -2.06. The molecule has 3 heteroatoms. The monoisotopic (exact) mass is 238 g/mol. The Bertz CT molecular complexity index is 334. The number of ether oxygens (including phenoxy) is 2. The van der Waals surface area contributed by atoms with Crippen LogP contribution < -0.4 is 4.74 Å². The third-order valence-corrected chi connectivity index (χ3v) is 2.29. The highest BCUT2D eigenvalue weighted by Gasteiger charge is 2.07. The van der Waals surface area contributed by atoms with Gasteiger partial charge in [0.25, 0.3) is 0 Å². The molecule has 17 heavy (non-hydrogen) atoms. The van der Waals surface area contributed by atoms with Crippen LogP contribution in [0.4, 0.5) is 0 Å². The molecule has 0 fully saturated rings. The number of methoxy groups -OCH3 is 1. The van der Waals surface area contributed by atoms with Crippen molar-refractivity contribution in [3.63, 3.8) is 0 Å². The highest BCUT2D eigenvalue weighted by atomic mass is 16.5. The van der Waals surface area contributed by atoms with Crippen LogP contribution in [-0.4, -0.2) is 19.7 Å². The Morgan fingerprint density at radius 3 is 2.71 bits per heavy atom. The van der Waals surface area contributed by atoms with Crippen LogP contribution in [0, 0.1) is 0 Å². The van der Waals surface area contributed by atoms with Gasteiger partial charge in [-0.2, -0.15) is 0 Å². The van der Waals surface area contributed by atoms with Gasteiger partial charge in [0.05, 0.1) is 19.3 Å². The molecular weight excluding hydrogens is 216 g/mol. The van der Waals surface area contributed by atoms with E-state index in [9.17, 15) is 4.79 Å². The summed E-state index contributed by atoms with van der Waals surface area (Å²) in [5.74, 6) is 0.387. The van der Waals surface area contributed by atoms with Crippen molar-refractivity contribution < 1.29 is 14.3 Å². The largest absolute Gasteiger partial charge is 0.497 e. The van der Waals surface area contributed by atoms with Crippen LogP contribution in [0.25, 0.3) is 0 Å². The van der Waals surface area contributed by atoms with Crippen molar-refractivity contribution in [1.29, 1.82) is 0 Å². The van der Waals surface area contributed by atoms with Crippen LogP contribution in [0.15, 0.2) is 24.3 Å². The minimum atomic E-state index is -0.282. The van der Waals surface area contributed by atoms with E-state index in [2.05, 4.69) is 6.92 Å². The van der Waals surface area contributed by atoms with Gasteiger partial charge >= 0.3 is 5.97 Å². The molecular formula is C14H22O3. The molecule has 0 amide bonds. The van der Waals surface area contributed by atoms with Crippen molar-refractivity contribution >= 4 is 5.97 Å². The summed E-state index contributed by atoms with van der Waals surface area (Å²) < 4.78 is 10.2. The van der Waals surface area contributed by atoms with E-state index in [1.807, 2.05) is 0 Å². The minimum Gasteiger partial charge on any atom is -0.497 e. The van der Waals surface area contributed by atoms with Crippen LogP contribution >= 0.6 is 0 Å². The molecule has 0 bridgehead atoms. The lowest BCUT2D eigenvalue weighted by Gasteiger charge is -2.05. The molecule has 0 aliphatic heterocycles. The first-order valence-corrected chi connectivity index (χ1v) is 5.59. The summed E-state index contributed by atoms with van der Waals surface area (Å²) in [6.07, 6.45) is 3.13. The number of unbranched alkanes of at least 4 members (excludes halogenated alkanes) is 2. The topological polar surface area (TPSA) is 35.5 Å². The van der Waals surface area contributed by atoms with Gasteiger partial charge in [0.2, 0.25) is 0 Å². The zero-order valence-corrected chi connectivity index (χ0v) is 9.86. The molecule has 0 spiro atoms. The fourth-order valence-corrected chi connectivity index (χ4v) is 1.35.